The van der Waals surface area contributed by atoms with Crippen molar-refractivity contribution in [2.75, 3.05) is 20.2 Å². The molecule has 1 saturated carbocycles. The second-order valence-corrected chi connectivity index (χ2v) is 9.34. The molecule has 7 nitrogen and oxygen atoms in total. The molecule has 1 aliphatic heterocycles. The van der Waals surface area contributed by atoms with Crippen LogP contribution in [0.25, 0.3) is 11.1 Å². The van der Waals surface area contributed by atoms with Crippen molar-refractivity contribution in [2.45, 2.75) is 56.6 Å². The van der Waals surface area contributed by atoms with Gasteiger partial charge in [0.1, 0.15) is 7.11 Å². The molecule has 1 atom stereocenters. The fourth-order valence-corrected chi connectivity index (χ4v) is 4.93. The number of oxime groups is 1. The van der Waals surface area contributed by atoms with Gasteiger partial charge in [-0.15, -0.1) is 0 Å². The molecule has 180 valence electrons. The summed E-state index contributed by atoms with van der Waals surface area (Å²) in [6.45, 7) is 0.585. The number of aliphatic hydroxyl groups is 1. The first-order chi connectivity index (χ1) is 16.5. The molecule has 34 heavy (non-hydrogen) atoms. The van der Waals surface area contributed by atoms with Crippen LogP contribution in [0, 0.1) is 0 Å². The number of amides is 2. The summed E-state index contributed by atoms with van der Waals surface area (Å²) in [5.41, 5.74) is 2.62. The Hall–Kier alpha value is -3.19. The lowest BCUT2D eigenvalue weighted by Crippen LogP contribution is -2.46. The van der Waals surface area contributed by atoms with Crippen molar-refractivity contribution in [2.24, 2.45) is 5.16 Å². The minimum Gasteiger partial charge on any atom is -0.399 e. The highest BCUT2D eigenvalue weighted by molar-refractivity contribution is 6.01. The molecular formula is C27H33N3O4. The molecule has 0 spiro atoms. The Morgan fingerprint density at radius 1 is 1.06 bits per heavy atom. The Kier molecular flexibility index (Phi) is 7.63. The van der Waals surface area contributed by atoms with Gasteiger partial charge in [0.25, 0.3) is 5.91 Å². The summed E-state index contributed by atoms with van der Waals surface area (Å²) >= 11 is 0. The topological polar surface area (TPSA) is 91.2 Å². The van der Waals surface area contributed by atoms with E-state index in [9.17, 15) is 14.7 Å². The van der Waals surface area contributed by atoms with Crippen LogP contribution in [0.1, 0.15) is 55.3 Å². The molecule has 2 aromatic rings. The summed E-state index contributed by atoms with van der Waals surface area (Å²) in [5, 5.41) is 17.6. The summed E-state index contributed by atoms with van der Waals surface area (Å²) in [7, 11) is 1.48. The summed E-state index contributed by atoms with van der Waals surface area (Å²) in [6.07, 6.45) is 5.17. The van der Waals surface area contributed by atoms with Gasteiger partial charge in [-0.05, 0) is 36.1 Å². The maximum atomic E-state index is 13.4. The third-order valence-electron chi connectivity index (χ3n) is 6.81. The van der Waals surface area contributed by atoms with Crippen LogP contribution in [0.15, 0.2) is 59.8 Å². The lowest BCUT2D eigenvalue weighted by molar-refractivity contribution is -0.123. The molecule has 2 aliphatic rings. The second kappa shape index (κ2) is 10.8. The van der Waals surface area contributed by atoms with Crippen LogP contribution in [0.3, 0.4) is 0 Å². The zero-order valence-electron chi connectivity index (χ0n) is 19.7. The fraction of sp³-hybridized carbons (Fsp3) is 0.444. The predicted molar refractivity (Wildman–Crippen MR) is 131 cm³/mol. The highest BCUT2D eigenvalue weighted by atomic mass is 16.6. The Balaban J connectivity index is 1.42. The monoisotopic (exact) mass is 463 g/mol. The minimum atomic E-state index is -0.817. The van der Waals surface area contributed by atoms with Gasteiger partial charge in [-0.1, -0.05) is 66.9 Å². The molecular weight excluding hydrogens is 430 g/mol. The molecule has 1 saturated heterocycles. The van der Waals surface area contributed by atoms with Crippen LogP contribution >= 0.6 is 0 Å². The summed E-state index contributed by atoms with van der Waals surface area (Å²) in [4.78, 5) is 32.7. The van der Waals surface area contributed by atoms with Gasteiger partial charge < -0.3 is 20.2 Å². The Bertz CT molecular complexity index is 1010. The predicted octanol–water partition coefficient (Wildman–Crippen LogP) is 3.77. The van der Waals surface area contributed by atoms with E-state index >= 15 is 0 Å². The van der Waals surface area contributed by atoms with E-state index < -0.39 is 5.60 Å². The SMILES string of the molecule is CON=C1C[C@@H](CC(=O)NCC2(O)CCCCC2)N(C(=O)c2ccc(-c3ccccc3)cc2)C1. The third-order valence-corrected chi connectivity index (χ3v) is 6.81. The van der Waals surface area contributed by atoms with Crippen molar-refractivity contribution in [1.82, 2.24) is 10.2 Å². The van der Waals surface area contributed by atoms with E-state index in [0.29, 0.717) is 31.4 Å². The van der Waals surface area contributed by atoms with Gasteiger partial charge in [-0.25, -0.2) is 0 Å². The van der Waals surface area contributed by atoms with Crippen LogP contribution < -0.4 is 5.32 Å². The number of carbonyl (C=O) groups excluding carboxylic acids is 2. The first-order valence-electron chi connectivity index (χ1n) is 12.0. The van der Waals surface area contributed by atoms with E-state index in [1.165, 1.54) is 7.11 Å². The average molecular weight is 464 g/mol. The van der Waals surface area contributed by atoms with Crippen LogP contribution in [0.4, 0.5) is 0 Å². The first kappa shape index (κ1) is 24.0. The Labute approximate surface area is 200 Å². The van der Waals surface area contributed by atoms with E-state index in [1.54, 1.807) is 4.90 Å². The van der Waals surface area contributed by atoms with Gasteiger partial charge in [0, 0.05) is 31.0 Å². The molecule has 1 aliphatic carbocycles. The molecule has 1 heterocycles. The molecule has 4 rings (SSSR count). The fourth-order valence-electron chi connectivity index (χ4n) is 4.93. The number of rotatable bonds is 7. The second-order valence-electron chi connectivity index (χ2n) is 9.34. The largest absolute Gasteiger partial charge is 0.399 e. The average Bonchev–Trinajstić information content (AvgIpc) is 3.26. The van der Waals surface area contributed by atoms with E-state index in [2.05, 4.69) is 10.5 Å². The van der Waals surface area contributed by atoms with Gasteiger partial charge in [0.15, 0.2) is 0 Å². The minimum absolute atomic E-state index is 0.135. The molecule has 0 bridgehead atoms. The maximum absolute atomic E-state index is 13.4. The molecule has 7 heteroatoms. The van der Waals surface area contributed by atoms with Gasteiger partial charge in [0.2, 0.25) is 5.91 Å². The van der Waals surface area contributed by atoms with Gasteiger partial charge >= 0.3 is 0 Å². The number of hydrogen-bond acceptors (Lipinski definition) is 5. The number of carbonyl (C=O) groups is 2. The normalized spacial score (nSPS) is 20.8. The Morgan fingerprint density at radius 3 is 2.41 bits per heavy atom. The lowest BCUT2D eigenvalue weighted by Gasteiger charge is -2.32. The van der Waals surface area contributed by atoms with Crippen molar-refractivity contribution in [3.63, 3.8) is 0 Å². The number of nitrogens with zero attached hydrogens (tertiary/aromatic N) is 2. The van der Waals surface area contributed by atoms with Crippen molar-refractivity contribution in [1.29, 1.82) is 0 Å². The zero-order valence-corrected chi connectivity index (χ0v) is 19.7. The zero-order chi connectivity index (χ0) is 24.0. The summed E-state index contributed by atoms with van der Waals surface area (Å²) in [6, 6.07) is 17.2. The molecule has 2 aromatic carbocycles. The standard InChI is InChI=1S/C27H33N3O4/c1-34-29-23-16-24(17-25(31)28-19-27(33)14-6-3-7-15-27)30(18-23)26(32)22-12-10-21(11-13-22)20-8-4-2-5-9-20/h2,4-5,8-13,24,33H,3,6-7,14-19H2,1H3,(H,28,31)/t24-/m0/s1. The molecule has 0 unspecified atom stereocenters. The van der Waals surface area contributed by atoms with Crippen molar-refractivity contribution < 1.29 is 19.5 Å². The van der Waals surface area contributed by atoms with Crippen molar-refractivity contribution >= 4 is 17.5 Å². The quantitative estimate of drug-likeness (QED) is 0.612. The van der Waals surface area contributed by atoms with E-state index in [0.717, 1.165) is 36.1 Å². The highest BCUT2D eigenvalue weighted by Gasteiger charge is 2.36. The smallest absolute Gasteiger partial charge is 0.254 e. The van der Waals surface area contributed by atoms with Crippen LogP contribution in [0.5, 0.6) is 0 Å². The number of benzene rings is 2. The van der Waals surface area contributed by atoms with E-state index in [4.69, 9.17) is 4.84 Å². The number of likely N-dealkylation sites (tertiary alicyclic amines) is 1. The van der Waals surface area contributed by atoms with Gasteiger partial charge in [-0.3, -0.25) is 9.59 Å². The Morgan fingerprint density at radius 2 is 1.74 bits per heavy atom. The van der Waals surface area contributed by atoms with E-state index in [-0.39, 0.29) is 30.8 Å². The van der Waals surface area contributed by atoms with Crippen LogP contribution in [-0.4, -0.2) is 59.4 Å². The van der Waals surface area contributed by atoms with Gasteiger partial charge in [0.05, 0.1) is 17.9 Å². The third kappa shape index (κ3) is 5.83. The summed E-state index contributed by atoms with van der Waals surface area (Å²) < 4.78 is 0. The van der Waals surface area contributed by atoms with E-state index in [1.807, 2.05) is 54.6 Å². The maximum Gasteiger partial charge on any atom is 0.254 e. The van der Waals surface area contributed by atoms with Gasteiger partial charge in [-0.2, -0.15) is 0 Å². The molecule has 2 fully saturated rings. The molecule has 0 radical (unpaired) electrons. The summed E-state index contributed by atoms with van der Waals surface area (Å²) in [5.74, 6) is -0.301. The number of hydrogen-bond donors (Lipinski definition) is 2. The molecule has 0 aromatic heterocycles. The lowest BCUT2D eigenvalue weighted by atomic mass is 9.85. The first-order valence-corrected chi connectivity index (χ1v) is 12.0. The van der Waals surface area contributed by atoms with Crippen molar-refractivity contribution in [3.8, 4) is 11.1 Å². The molecule has 2 amide bonds. The number of nitrogens with one attached hydrogen (secondary N) is 1. The van der Waals surface area contributed by atoms with Crippen LogP contribution in [0.2, 0.25) is 0 Å². The highest BCUT2D eigenvalue weighted by Crippen LogP contribution is 2.28. The van der Waals surface area contributed by atoms with Crippen molar-refractivity contribution in [3.05, 3.63) is 60.2 Å². The molecule has 2 N–H and O–H groups in total. The van der Waals surface area contributed by atoms with Crippen LogP contribution in [-0.2, 0) is 9.63 Å².